The summed E-state index contributed by atoms with van der Waals surface area (Å²) in [5.41, 5.74) is 0.389. The van der Waals surface area contributed by atoms with Crippen LogP contribution in [0.15, 0.2) is 18.2 Å². The molecule has 0 spiro atoms. The maximum Gasteiger partial charge on any atom is 0.418 e. The maximum atomic E-state index is 13.7. The number of hydrogen-bond donors (Lipinski definition) is 2. The Morgan fingerprint density at radius 1 is 1.31 bits per heavy atom. The molecule has 2 atom stereocenters. The number of carbonyl (C=O) groups excluding carboxylic acids is 1. The van der Waals surface area contributed by atoms with Crippen LogP contribution in [-0.2, 0) is 10.9 Å². The first-order valence-corrected chi connectivity index (χ1v) is 9.83. The Morgan fingerprint density at radius 3 is 2.69 bits per heavy atom. The summed E-state index contributed by atoms with van der Waals surface area (Å²) < 4.78 is 46.4. The molecule has 5 nitrogen and oxygen atoms in total. The van der Waals surface area contributed by atoms with Gasteiger partial charge in [-0.15, -0.1) is 0 Å². The third-order valence-corrected chi connectivity index (χ3v) is 5.75. The van der Waals surface area contributed by atoms with Crippen LogP contribution in [0.3, 0.4) is 0 Å². The second-order valence-corrected chi connectivity index (χ2v) is 7.97. The lowest BCUT2D eigenvalue weighted by molar-refractivity contribution is -0.136. The Balaban J connectivity index is 1.62. The Kier molecular flexibility index (Phi) is 5.25. The fourth-order valence-corrected chi connectivity index (χ4v) is 3.92. The lowest BCUT2D eigenvalue weighted by Gasteiger charge is -2.16. The number of rotatable bonds is 5. The number of benzene rings is 1. The van der Waals surface area contributed by atoms with E-state index in [0.717, 1.165) is 19.3 Å². The van der Waals surface area contributed by atoms with Gasteiger partial charge in [0.15, 0.2) is 0 Å². The molecule has 4 rings (SSSR count). The number of nitrogens with zero attached hydrogens (tertiary/aromatic N) is 1. The second kappa shape index (κ2) is 7.57. The number of pyridine rings is 1. The first kappa shape index (κ1) is 20.1. The maximum absolute atomic E-state index is 13.7. The molecule has 0 bridgehead atoms. The fourth-order valence-electron chi connectivity index (χ4n) is 3.92. The zero-order valence-electron chi connectivity index (χ0n) is 16.4. The van der Waals surface area contributed by atoms with Crippen LogP contribution >= 0.6 is 0 Å². The molecule has 8 heteroatoms. The zero-order chi connectivity index (χ0) is 20.8. The smallest absolute Gasteiger partial charge is 0.380 e. The number of hydrogen-bond acceptors (Lipinski definition) is 4. The molecule has 1 aromatic carbocycles. The highest BCUT2D eigenvalue weighted by molar-refractivity contribution is 5.97. The normalized spacial score (nSPS) is 22.2. The van der Waals surface area contributed by atoms with Crippen molar-refractivity contribution in [1.82, 2.24) is 15.6 Å². The average molecular weight is 407 g/mol. The molecule has 156 valence electrons. The molecule has 2 heterocycles. The Labute approximate surface area is 167 Å². The minimum atomic E-state index is -4.53. The Bertz CT molecular complexity index is 941. The first-order valence-electron chi connectivity index (χ1n) is 9.83. The lowest BCUT2D eigenvalue weighted by atomic mass is 9.98. The molecule has 1 aliphatic carbocycles. The van der Waals surface area contributed by atoms with Crippen molar-refractivity contribution in [2.45, 2.75) is 50.4 Å². The molecule has 1 saturated heterocycles. The van der Waals surface area contributed by atoms with Gasteiger partial charge in [0.25, 0.3) is 5.91 Å². The highest BCUT2D eigenvalue weighted by atomic mass is 19.4. The largest absolute Gasteiger partial charge is 0.418 e. The molecule has 1 unspecified atom stereocenters. The zero-order valence-corrected chi connectivity index (χ0v) is 16.4. The molecular formula is C21H24F3N3O2. The van der Waals surface area contributed by atoms with Crippen molar-refractivity contribution >= 4 is 16.8 Å². The van der Waals surface area contributed by atoms with E-state index in [1.54, 1.807) is 26.2 Å². The number of methoxy groups -OCH3 is 1. The second-order valence-electron chi connectivity index (χ2n) is 7.97. The average Bonchev–Trinajstić information content (AvgIpc) is 3.42. The number of amides is 1. The molecule has 2 fully saturated rings. The van der Waals surface area contributed by atoms with E-state index >= 15 is 0 Å². The van der Waals surface area contributed by atoms with Crippen LogP contribution in [-0.4, -0.2) is 43.2 Å². The molecule has 1 amide bonds. The van der Waals surface area contributed by atoms with Crippen molar-refractivity contribution in [2.24, 2.45) is 0 Å². The number of aromatic nitrogens is 1. The summed E-state index contributed by atoms with van der Waals surface area (Å²) in [6.07, 6.45) is -1.83. The summed E-state index contributed by atoms with van der Waals surface area (Å²) in [5.74, 6) is -0.283. The molecule has 1 aromatic heterocycles. The van der Waals surface area contributed by atoms with Crippen LogP contribution < -0.4 is 10.6 Å². The van der Waals surface area contributed by atoms with Gasteiger partial charge in [0.05, 0.1) is 17.2 Å². The third kappa shape index (κ3) is 4.23. The first-order chi connectivity index (χ1) is 13.8. The van der Waals surface area contributed by atoms with Gasteiger partial charge < -0.3 is 15.4 Å². The van der Waals surface area contributed by atoms with E-state index in [9.17, 15) is 18.0 Å². The van der Waals surface area contributed by atoms with Gasteiger partial charge in [-0.2, -0.15) is 13.2 Å². The van der Waals surface area contributed by atoms with E-state index in [1.165, 1.54) is 6.07 Å². The lowest BCUT2D eigenvalue weighted by Crippen LogP contribution is -2.37. The van der Waals surface area contributed by atoms with Crippen molar-refractivity contribution in [1.29, 1.82) is 0 Å². The Morgan fingerprint density at radius 2 is 2.07 bits per heavy atom. The van der Waals surface area contributed by atoms with Crippen LogP contribution in [0.5, 0.6) is 0 Å². The monoisotopic (exact) mass is 407 g/mol. The van der Waals surface area contributed by atoms with E-state index in [-0.39, 0.29) is 29.3 Å². The molecule has 1 aliphatic heterocycles. The molecule has 0 radical (unpaired) electrons. The van der Waals surface area contributed by atoms with Crippen molar-refractivity contribution in [3.05, 3.63) is 40.6 Å². The predicted octanol–water partition coefficient (Wildman–Crippen LogP) is 3.55. The third-order valence-electron chi connectivity index (χ3n) is 5.75. The minimum absolute atomic E-state index is 0.000889. The highest BCUT2D eigenvalue weighted by Gasteiger charge is 2.36. The molecule has 29 heavy (non-hydrogen) atoms. The minimum Gasteiger partial charge on any atom is -0.380 e. The van der Waals surface area contributed by atoms with E-state index in [2.05, 4.69) is 15.6 Å². The highest BCUT2D eigenvalue weighted by Crippen LogP contribution is 2.44. The van der Waals surface area contributed by atoms with Gasteiger partial charge >= 0.3 is 6.18 Å². The summed E-state index contributed by atoms with van der Waals surface area (Å²) in [4.78, 5) is 16.7. The predicted molar refractivity (Wildman–Crippen MR) is 103 cm³/mol. The number of carbonyl (C=O) groups is 1. The van der Waals surface area contributed by atoms with Gasteiger partial charge in [0, 0.05) is 31.6 Å². The van der Waals surface area contributed by atoms with Gasteiger partial charge in [0.1, 0.15) is 5.69 Å². The van der Waals surface area contributed by atoms with E-state index in [4.69, 9.17) is 4.74 Å². The molecule has 2 aliphatic rings. The van der Waals surface area contributed by atoms with Crippen LogP contribution in [0, 0.1) is 6.92 Å². The van der Waals surface area contributed by atoms with E-state index in [1.807, 2.05) is 0 Å². The van der Waals surface area contributed by atoms with Crippen molar-refractivity contribution in [3.63, 3.8) is 0 Å². The number of fused-ring (bicyclic) bond motifs is 1. The van der Waals surface area contributed by atoms with Crippen molar-refractivity contribution in [3.8, 4) is 0 Å². The van der Waals surface area contributed by atoms with Gasteiger partial charge in [-0.05, 0) is 61.4 Å². The van der Waals surface area contributed by atoms with Gasteiger partial charge in [-0.1, -0.05) is 0 Å². The number of aryl methyl sites for hydroxylation is 1. The van der Waals surface area contributed by atoms with Gasteiger partial charge in [0.2, 0.25) is 0 Å². The van der Waals surface area contributed by atoms with E-state index < -0.39 is 17.6 Å². The standard InChI is InChI=1S/C21H24F3N3O2/c1-11-5-18(20(28)26-9-14-8-15(29-2)10-25-14)27-19-16(11)6-13(12-3-4-12)7-17(19)21(22,23)24/h5-7,12,14-15,25H,3-4,8-10H2,1-2H3,(H,26,28)/t14-,15?/m0/s1. The molecule has 2 aromatic rings. The number of alkyl halides is 3. The molecular weight excluding hydrogens is 383 g/mol. The summed E-state index contributed by atoms with van der Waals surface area (Å²) >= 11 is 0. The summed E-state index contributed by atoms with van der Waals surface area (Å²) in [6, 6.07) is 4.62. The summed E-state index contributed by atoms with van der Waals surface area (Å²) in [6.45, 7) is 2.80. The van der Waals surface area contributed by atoms with Gasteiger partial charge in [-0.25, -0.2) is 4.98 Å². The summed E-state index contributed by atoms with van der Waals surface area (Å²) in [5, 5.41) is 6.48. The van der Waals surface area contributed by atoms with Gasteiger partial charge in [-0.3, -0.25) is 4.79 Å². The molecule has 2 N–H and O–H groups in total. The van der Waals surface area contributed by atoms with Crippen LogP contribution in [0.4, 0.5) is 13.2 Å². The van der Waals surface area contributed by atoms with Crippen LogP contribution in [0.25, 0.3) is 10.9 Å². The van der Waals surface area contributed by atoms with Crippen LogP contribution in [0.1, 0.15) is 52.4 Å². The Hall–Kier alpha value is -2.19. The topological polar surface area (TPSA) is 63.2 Å². The quantitative estimate of drug-likeness (QED) is 0.796. The van der Waals surface area contributed by atoms with Crippen molar-refractivity contribution < 1.29 is 22.7 Å². The van der Waals surface area contributed by atoms with Crippen molar-refractivity contribution in [2.75, 3.05) is 20.2 Å². The summed E-state index contributed by atoms with van der Waals surface area (Å²) in [7, 11) is 1.64. The number of nitrogens with one attached hydrogen (secondary N) is 2. The number of halogens is 3. The fraction of sp³-hybridized carbons (Fsp3) is 0.524. The van der Waals surface area contributed by atoms with E-state index in [0.29, 0.717) is 29.6 Å². The molecule has 1 saturated carbocycles. The number of ether oxygens (including phenoxy) is 1. The SMILES string of the molecule is COC1CN[C@H](CNC(=O)c2cc(C)c3cc(C4CC4)cc(C(F)(F)F)c3n2)C1. The van der Waals surface area contributed by atoms with Crippen LogP contribution in [0.2, 0.25) is 0 Å².